The molecule has 76 valence electrons. The Bertz CT molecular complexity index is 485. The Morgan fingerprint density at radius 2 is 2.07 bits per heavy atom. The van der Waals surface area contributed by atoms with Gasteiger partial charge in [0.25, 0.3) is 5.91 Å². The van der Waals surface area contributed by atoms with E-state index in [0.29, 0.717) is 0 Å². The number of rotatable bonds is 1. The van der Waals surface area contributed by atoms with E-state index in [4.69, 9.17) is 10.8 Å². The summed E-state index contributed by atoms with van der Waals surface area (Å²) in [6.45, 7) is 0. The summed E-state index contributed by atoms with van der Waals surface area (Å²) in [7, 11) is 0. The molecule has 0 bridgehead atoms. The van der Waals surface area contributed by atoms with Crippen LogP contribution in [0.2, 0.25) is 0 Å². The second-order valence-electron chi connectivity index (χ2n) is 2.58. The van der Waals surface area contributed by atoms with Crippen LogP contribution in [0.15, 0.2) is 18.2 Å². The molecule has 1 rings (SSSR count). The Labute approximate surface area is 84.5 Å². The molecule has 0 aliphatic heterocycles. The average Bonchev–Trinajstić information content (AvgIpc) is 2.15. The van der Waals surface area contributed by atoms with Crippen LogP contribution >= 0.6 is 0 Å². The summed E-state index contributed by atoms with van der Waals surface area (Å²) in [4.78, 5) is 21.0. The van der Waals surface area contributed by atoms with Gasteiger partial charge in [0.05, 0.1) is 11.1 Å². The van der Waals surface area contributed by atoms with Gasteiger partial charge < -0.3 is 10.8 Å². The van der Waals surface area contributed by atoms with E-state index < -0.39 is 17.7 Å². The minimum absolute atomic E-state index is 0.302. The number of hydrogen-bond acceptors (Lipinski definition) is 2. The summed E-state index contributed by atoms with van der Waals surface area (Å²) in [6, 6.07) is 3.49. The molecule has 1 aromatic rings. The van der Waals surface area contributed by atoms with Gasteiger partial charge in [-0.2, -0.15) is 0 Å². The van der Waals surface area contributed by atoms with E-state index in [0.717, 1.165) is 6.07 Å². The molecule has 0 aliphatic carbocycles. The molecule has 0 atom stereocenters. The summed E-state index contributed by atoms with van der Waals surface area (Å²) in [6.07, 6.45) is 0. The largest absolute Gasteiger partial charge is 0.478 e. The predicted octanol–water partition coefficient (Wildman–Crippen LogP) is 0.361. The van der Waals surface area contributed by atoms with Crippen LogP contribution in [0, 0.1) is 17.7 Å². The highest BCUT2D eigenvalue weighted by Gasteiger charge is 2.11. The predicted molar refractivity (Wildman–Crippen MR) is 49.4 cm³/mol. The molecule has 1 amide bonds. The van der Waals surface area contributed by atoms with E-state index in [1.807, 2.05) is 5.92 Å². The molecule has 5 heteroatoms. The Morgan fingerprint density at radius 1 is 1.40 bits per heavy atom. The molecule has 1 aromatic carbocycles. The van der Waals surface area contributed by atoms with Crippen LogP contribution in [-0.4, -0.2) is 17.0 Å². The summed E-state index contributed by atoms with van der Waals surface area (Å²) in [5, 5.41) is 8.70. The zero-order chi connectivity index (χ0) is 11.4. The van der Waals surface area contributed by atoms with Crippen LogP contribution in [0.5, 0.6) is 0 Å². The highest BCUT2D eigenvalue weighted by atomic mass is 19.1. The number of carboxylic acid groups (broad SMARTS) is 1. The van der Waals surface area contributed by atoms with E-state index in [-0.39, 0.29) is 11.1 Å². The quantitative estimate of drug-likeness (QED) is 0.652. The van der Waals surface area contributed by atoms with Crippen LogP contribution in [0.3, 0.4) is 0 Å². The number of primary amides is 1. The fourth-order valence-corrected chi connectivity index (χ4v) is 0.954. The first-order chi connectivity index (χ1) is 7.02. The lowest BCUT2D eigenvalue weighted by Gasteiger charge is -1.99. The topological polar surface area (TPSA) is 80.4 Å². The lowest BCUT2D eigenvalue weighted by molar-refractivity contribution is -0.112. The first-order valence-electron chi connectivity index (χ1n) is 3.85. The molecule has 0 aromatic heterocycles. The summed E-state index contributed by atoms with van der Waals surface area (Å²) < 4.78 is 13.1. The van der Waals surface area contributed by atoms with Gasteiger partial charge in [-0.1, -0.05) is 12.0 Å². The third kappa shape index (κ3) is 2.54. The SMILES string of the molecule is NC(=O)C#Cc1c(F)cccc1C(=O)O. The molecular formula is C10H6FNO3. The van der Waals surface area contributed by atoms with Crippen LogP contribution in [0.25, 0.3) is 0 Å². The maximum Gasteiger partial charge on any atom is 0.337 e. The molecule has 3 N–H and O–H groups in total. The molecule has 15 heavy (non-hydrogen) atoms. The third-order valence-corrected chi connectivity index (χ3v) is 1.55. The van der Waals surface area contributed by atoms with Crippen molar-refractivity contribution >= 4 is 11.9 Å². The summed E-state index contributed by atoms with van der Waals surface area (Å²) in [5.74, 6) is 0.897. The van der Waals surface area contributed by atoms with Crippen molar-refractivity contribution < 1.29 is 19.1 Å². The molecule has 0 heterocycles. The fraction of sp³-hybridized carbons (Fsp3) is 0. The van der Waals surface area contributed by atoms with Crippen molar-refractivity contribution in [1.29, 1.82) is 0 Å². The molecule has 0 saturated carbocycles. The maximum atomic E-state index is 13.1. The molecule has 0 unspecified atom stereocenters. The normalized spacial score (nSPS) is 8.87. The second kappa shape index (κ2) is 4.24. The number of benzene rings is 1. The Kier molecular flexibility index (Phi) is 3.03. The van der Waals surface area contributed by atoms with Gasteiger partial charge in [-0.25, -0.2) is 9.18 Å². The summed E-state index contributed by atoms with van der Waals surface area (Å²) in [5.41, 5.74) is 4.09. The smallest absolute Gasteiger partial charge is 0.337 e. The second-order valence-corrected chi connectivity index (χ2v) is 2.58. The molecule has 0 spiro atoms. The van der Waals surface area contributed by atoms with Gasteiger partial charge >= 0.3 is 5.97 Å². The maximum absolute atomic E-state index is 13.1. The zero-order valence-electron chi connectivity index (χ0n) is 7.45. The molecular weight excluding hydrogens is 201 g/mol. The van der Waals surface area contributed by atoms with E-state index >= 15 is 0 Å². The summed E-state index contributed by atoms with van der Waals surface area (Å²) >= 11 is 0. The van der Waals surface area contributed by atoms with Gasteiger partial charge in [-0.3, -0.25) is 4.79 Å². The van der Waals surface area contributed by atoms with Gasteiger partial charge in [0, 0.05) is 5.92 Å². The van der Waals surface area contributed by atoms with Crippen molar-refractivity contribution in [2.24, 2.45) is 5.73 Å². The van der Waals surface area contributed by atoms with Crippen LogP contribution < -0.4 is 5.73 Å². The van der Waals surface area contributed by atoms with E-state index in [9.17, 15) is 14.0 Å². The zero-order valence-corrected chi connectivity index (χ0v) is 7.45. The molecule has 0 radical (unpaired) electrons. The van der Waals surface area contributed by atoms with Crippen LogP contribution in [0.4, 0.5) is 4.39 Å². The lowest BCUT2D eigenvalue weighted by Crippen LogP contribution is -2.07. The van der Waals surface area contributed by atoms with Crippen molar-refractivity contribution in [3.8, 4) is 11.8 Å². The molecule has 0 fully saturated rings. The van der Waals surface area contributed by atoms with Crippen LogP contribution in [0.1, 0.15) is 15.9 Å². The number of nitrogens with two attached hydrogens (primary N) is 1. The number of amides is 1. The highest BCUT2D eigenvalue weighted by molar-refractivity contribution is 5.95. The molecule has 4 nitrogen and oxygen atoms in total. The Morgan fingerprint density at radius 3 is 2.60 bits per heavy atom. The van der Waals surface area contributed by atoms with Crippen molar-refractivity contribution in [3.63, 3.8) is 0 Å². The molecule has 0 saturated heterocycles. The first-order valence-corrected chi connectivity index (χ1v) is 3.85. The van der Waals surface area contributed by atoms with E-state index in [1.165, 1.54) is 12.1 Å². The van der Waals surface area contributed by atoms with Gasteiger partial charge in [0.1, 0.15) is 5.82 Å². The van der Waals surface area contributed by atoms with Crippen molar-refractivity contribution in [2.75, 3.05) is 0 Å². The van der Waals surface area contributed by atoms with E-state index in [2.05, 4.69) is 5.92 Å². The number of hydrogen-bond donors (Lipinski definition) is 2. The minimum Gasteiger partial charge on any atom is -0.478 e. The minimum atomic E-state index is -1.32. The number of carboxylic acids is 1. The number of aromatic carboxylic acids is 1. The lowest BCUT2D eigenvalue weighted by atomic mass is 10.1. The van der Waals surface area contributed by atoms with Crippen molar-refractivity contribution in [3.05, 3.63) is 35.1 Å². The van der Waals surface area contributed by atoms with Crippen molar-refractivity contribution in [1.82, 2.24) is 0 Å². The Balaban J connectivity index is 3.33. The average molecular weight is 207 g/mol. The third-order valence-electron chi connectivity index (χ3n) is 1.55. The van der Waals surface area contributed by atoms with Crippen molar-refractivity contribution in [2.45, 2.75) is 0 Å². The standard InChI is InChI=1S/C10H6FNO3/c11-8-3-1-2-7(10(14)15)6(8)4-5-9(12)13/h1-3H,(H2,12,13)(H,14,15). The van der Waals surface area contributed by atoms with Gasteiger partial charge in [-0.15, -0.1) is 0 Å². The number of carbonyl (C=O) groups is 2. The number of carbonyl (C=O) groups excluding carboxylic acids is 1. The monoisotopic (exact) mass is 207 g/mol. The van der Waals surface area contributed by atoms with Gasteiger partial charge in [0.15, 0.2) is 0 Å². The van der Waals surface area contributed by atoms with E-state index in [1.54, 1.807) is 0 Å². The van der Waals surface area contributed by atoms with Crippen LogP contribution in [-0.2, 0) is 4.79 Å². The fourth-order valence-electron chi connectivity index (χ4n) is 0.954. The molecule has 0 aliphatic rings. The Hall–Kier alpha value is -2.35. The first kappa shape index (κ1) is 10.7. The van der Waals surface area contributed by atoms with Gasteiger partial charge in [-0.05, 0) is 12.1 Å². The highest BCUT2D eigenvalue weighted by Crippen LogP contribution is 2.12. The number of halogens is 1. The van der Waals surface area contributed by atoms with Gasteiger partial charge in [0.2, 0.25) is 0 Å².